The van der Waals surface area contributed by atoms with E-state index < -0.39 is 0 Å². The summed E-state index contributed by atoms with van der Waals surface area (Å²) in [6.45, 7) is 4.21. The summed E-state index contributed by atoms with van der Waals surface area (Å²) in [5, 5.41) is 0. The summed E-state index contributed by atoms with van der Waals surface area (Å²) in [5.41, 5.74) is 2.12. The molecule has 0 fully saturated rings. The highest BCUT2D eigenvalue weighted by atomic mass is 79.9. The Bertz CT molecular complexity index is 665. The second-order valence-electron chi connectivity index (χ2n) is 3.63. The molecule has 0 radical (unpaired) electrons. The summed E-state index contributed by atoms with van der Waals surface area (Å²) >= 11 is 4.99. The van der Waals surface area contributed by atoms with Crippen LogP contribution >= 0.6 is 27.3 Å². The minimum Gasteiger partial charge on any atom is -0.448 e. The molecule has 0 unspecified atom stereocenters. The van der Waals surface area contributed by atoms with Crippen LogP contribution in [0.4, 0.5) is 0 Å². The van der Waals surface area contributed by atoms with E-state index in [-0.39, 0.29) is 0 Å². The standard InChI is InChI=1S/C11H9BrN2OS/c1-6-7(2)16-11-13-8(5-14(6)11)9-3-4-10(12)15-9/h3-5H,1-2H3. The fourth-order valence-corrected chi connectivity index (χ4v) is 2.89. The van der Waals surface area contributed by atoms with Crippen molar-refractivity contribution in [2.75, 3.05) is 0 Å². The number of hydrogen-bond acceptors (Lipinski definition) is 3. The summed E-state index contributed by atoms with van der Waals surface area (Å²) < 4.78 is 8.32. The maximum Gasteiger partial charge on any atom is 0.194 e. The SMILES string of the molecule is Cc1sc2nc(-c3ccc(Br)o3)cn2c1C. The molecule has 0 aromatic carbocycles. The number of hydrogen-bond donors (Lipinski definition) is 0. The monoisotopic (exact) mass is 296 g/mol. The number of aryl methyl sites for hydroxylation is 2. The number of nitrogens with zero attached hydrogens (tertiary/aromatic N) is 2. The normalized spacial score (nSPS) is 11.4. The molecule has 3 aromatic rings. The lowest BCUT2D eigenvalue weighted by atomic mass is 10.3. The summed E-state index contributed by atoms with van der Waals surface area (Å²) in [7, 11) is 0. The van der Waals surface area contributed by atoms with E-state index in [1.807, 2.05) is 18.3 Å². The van der Waals surface area contributed by atoms with E-state index >= 15 is 0 Å². The van der Waals surface area contributed by atoms with Crippen LogP contribution in [-0.4, -0.2) is 9.38 Å². The van der Waals surface area contributed by atoms with Crippen molar-refractivity contribution in [2.45, 2.75) is 13.8 Å². The lowest BCUT2D eigenvalue weighted by molar-refractivity contribution is 0.554. The number of furan rings is 1. The van der Waals surface area contributed by atoms with Crippen LogP contribution in [-0.2, 0) is 0 Å². The maximum atomic E-state index is 5.48. The van der Waals surface area contributed by atoms with Gasteiger partial charge in [-0.15, -0.1) is 11.3 Å². The molecule has 82 valence electrons. The zero-order valence-corrected chi connectivity index (χ0v) is 11.2. The Labute approximate surface area is 105 Å². The van der Waals surface area contributed by atoms with Gasteiger partial charge in [-0.25, -0.2) is 4.98 Å². The van der Waals surface area contributed by atoms with E-state index in [4.69, 9.17) is 4.42 Å². The highest BCUT2D eigenvalue weighted by Gasteiger charge is 2.12. The number of halogens is 1. The number of imidazole rings is 1. The van der Waals surface area contributed by atoms with Gasteiger partial charge in [-0.3, -0.25) is 4.40 Å². The van der Waals surface area contributed by atoms with Crippen LogP contribution in [0.25, 0.3) is 16.4 Å². The first-order chi connectivity index (χ1) is 7.65. The van der Waals surface area contributed by atoms with E-state index in [1.165, 1.54) is 10.6 Å². The molecule has 0 N–H and O–H groups in total. The lowest BCUT2D eigenvalue weighted by Crippen LogP contribution is -1.81. The number of aromatic nitrogens is 2. The van der Waals surface area contributed by atoms with E-state index in [0.29, 0.717) is 0 Å². The van der Waals surface area contributed by atoms with Crippen molar-refractivity contribution in [3.63, 3.8) is 0 Å². The molecule has 16 heavy (non-hydrogen) atoms. The van der Waals surface area contributed by atoms with Crippen LogP contribution in [0.2, 0.25) is 0 Å². The second-order valence-corrected chi connectivity index (χ2v) is 5.59. The minimum absolute atomic E-state index is 0.728. The fraction of sp³-hybridized carbons (Fsp3) is 0.182. The fourth-order valence-electron chi connectivity index (χ4n) is 1.63. The average Bonchev–Trinajstić information content (AvgIpc) is 2.87. The molecule has 0 aliphatic heterocycles. The molecule has 0 spiro atoms. The Hall–Kier alpha value is -1.07. The predicted octanol–water partition coefficient (Wildman–Crippen LogP) is 4.04. The molecule has 0 atom stereocenters. The van der Waals surface area contributed by atoms with Gasteiger partial charge >= 0.3 is 0 Å². The van der Waals surface area contributed by atoms with Gasteiger partial charge in [0.15, 0.2) is 15.4 Å². The molecule has 0 bridgehead atoms. The highest BCUT2D eigenvalue weighted by Crippen LogP contribution is 2.28. The van der Waals surface area contributed by atoms with Crippen molar-refractivity contribution in [3.8, 4) is 11.5 Å². The van der Waals surface area contributed by atoms with Crippen molar-refractivity contribution in [3.05, 3.63) is 33.6 Å². The molecule has 0 saturated carbocycles. The summed E-state index contributed by atoms with van der Waals surface area (Å²) in [4.78, 5) is 6.86. The Balaban J connectivity index is 2.19. The average molecular weight is 297 g/mol. The molecule has 0 aliphatic carbocycles. The van der Waals surface area contributed by atoms with E-state index in [9.17, 15) is 0 Å². The molecule has 0 amide bonds. The third-order valence-corrected chi connectivity index (χ3v) is 4.11. The van der Waals surface area contributed by atoms with Crippen LogP contribution < -0.4 is 0 Å². The van der Waals surface area contributed by atoms with Crippen molar-refractivity contribution in [1.29, 1.82) is 0 Å². The van der Waals surface area contributed by atoms with Crippen molar-refractivity contribution < 1.29 is 4.42 Å². The van der Waals surface area contributed by atoms with Crippen LogP contribution in [0, 0.1) is 13.8 Å². The predicted molar refractivity (Wildman–Crippen MR) is 67.9 cm³/mol. The molecule has 0 saturated heterocycles. The third kappa shape index (κ3) is 1.43. The van der Waals surface area contributed by atoms with Crippen molar-refractivity contribution >= 4 is 32.2 Å². The van der Waals surface area contributed by atoms with Gasteiger partial charge in [-0.1, -0.05) is 0 Å². The Morgan fingerprint density at radius 1 is 1.38 bits per heavy atom. The first kappa shape index (κ1) is 10.1. The van der Waals surface area contributed by atoms with E-state index in [2.05, 4.69) is 39.2 Å². The lowest BCUT2D eigenvalue weighted by Gasteiger charge is -1.90. The molecular weight excluding hydrogens is 288 g/mol. The second kappa shape index (κ2) is 3.46. The first-order valence-corrected chi connectivity index (χ1v) is 6.47. The molecule has 3 heterocycles. The topological polar surface area (TPSA) is 30.4 Å². The Kier molecular flexibility index (Phi) is 2.19. The molecule has 0 aliphatic rings. The van der Waals surface area contributed by atoms with Crippen molar-refractivity contribution in [2.24, 2.45) is 0 Å². The Morgan fingerprint density at radius 2 is 2.19 bits per heavy atom. The van der Waals surface area contributed by atoms with Crippen LogP contribution in [0.3, 0.4) is 0 Å². The van der Waals surface area contributed by atoms with Crippen LogP contribution in [0.1, 0.15) is 10.6 Å². The molecule has 3 nitrogen and oxygen atoms in total. The van der Waals surface area contributed by atoms with Crippen molar-refractivity contribution in [1.82, 2.24) is 9.38 Å². The van der Waals surface area contributed by atoms with Gasteiger partial charge < -0.3 is 4.42 Å². The van der Waals surface area contributed by atoms with Gasteiger partial charge in [0, 0.05) is 16.8 Å². The van der Waals surface area contributed by atoms with Crippen LogP contribution in [0.5, 0.6) is 0 Å². The smallest absolute Gasteiger partial charge is 0.194 e. The quantitative estimate of drug-likeness (QED) is 0.678. The van der Waals surface area contributed by atoms with Crippen LogP contribution in [0.15, 0.2) is 27.4 Å². The summed E-state index contributed by atoms with van der Waals surface area (Å²) in [6.07, 6.45) is 2.01. The number of rotatable bonds is 1. The minimum atomic E-state index is 0.728. The molecular formula is C11H9BrN2OS. The highest BCUT2D eigenvalue weighted by molar-refractivity contribution is 9.10. The molecule has 3 aromatic heterocycles. The van der Waals surface area contributed by atoms with Gasteiger partial charge in [0.1, 0.15) is 5.69 Å². The summed E-state index contributed by atoms with van der Waals surface area (Å²) in [5.74, 6) is 0.792. The zero-order valence-electron chi connectivity index (χ0n) is 8.82. The maximum absolute atomic E-state index is 5.48. The van der Waals surface area contributed by atoms with E-state index in [0.717, 1.165) is 21.1 Å². The number of thiazole rings is 1. The van der Waals surface area contributed by atoms with Gasteiger partial charge in [-0.05, 0) is 41.9 Å². The molecule has 5 heteroatoms. The molecule has 3 rings (SSSR count). The zero-order chi connectivity index (χ0) is 11.3. The van der Waals surface area contributed by atoms with E-state index in [1.54, 1.807) is 11.3 Å². The van der Waals surface area contributed by atoms with Gasteiger partial charge in [-0.2, -0.15) is 0 Å². The third-order valence-electron chi connectivity index (χ3n) is 2.61. The van der Waals surface area contributed by atoms with Gasteiger partial charge in [0.25, 0.3) is 0 Å². The summed E-state index contributed by atoms with van der Waals surface area (Å²) in [6, 6.07) is 3.79. The van der Waals surface area contributed by atoms with Gasteiger partial charge in [0.05, 0.1) is 0 Å². The Morgan fingerprint density at radius 3 is 2.81 bits per heavy atom. The first-order valence-electron chi connectivity index (χ1n) is 4.86. The van der Waals surface area contributed by atoms with Gasteiger partial charge in [0.2, 0.25) is 0 Å². The number of fused-ring (bicyclic) bond motifs is 1. The largest absolute Gasteiger partial charge is 0.448 e.